The third kappa shape index (κ3) is 4.23. The number of nitrogens with one attached hydrogen (secondary N) is 1. The van der Waals surface area contributed by atoms with Gasteiger partial charge in [0.1, 0.15) is 12.7 Å². The van der Waals surface area contributed by atoms with Crippen molar-refractivity contribution >= 4 is 11.8 Å². The molecule has 0 bridgehead atoms. The van der Waals surface area contributed by atoms with E-state index in [0.717, 1.165) is 12.0 Å². The third-order valence-electron chi connectivity index (χ3n) is 4.55. The van der Waals surface area contributed by atoms with Crippen molar-refractivity contribution in [3.8, 4) is 5.82 Å². The highest BCUT2D eigenvalue weighted by Crippen LogP contribution is 2.17. The average molecular weight is 357 g/mol. The largest absolute Gasteiger partial charge is 0.352 e. The van der Waals surface area contributed by atoms with Gasteiger partial charge in [0.05, 0.1) is 5.92 Å². The van der Waals surface area contributed by atoms with Crippen LogP contribution in [0.2, 0.25) is 0 Å². The van der Waals surface area contributed by atoms with Gasteiger partial charge in [-0.05, 0) is 18.9 Å². The van der Waals surface area contributed by atoms with Gasteiger partial charge >= 0.3 is 0 Å². The quantitative estimate of drug-likeness (QED) is 0.786. The molecule has 9 nitrogen and oxygen atoms in total. The number of hydrogen-bond acceptors (Lipinski definition) is 6. The number of rotatable bonds is 4. The molecule has 0 aliphatic carbocycles. The number of nitrogens with zero attached hydrogens (tertiary/aromatic N) is 5. The molecule has 1 aliphatic rings. The molecule has 3 heterocycles. The summed E-state index contributed by atoms with van der Waals surface area (Å²) in [4.78, 5) is 34.3. The summed E-state index contributed by atoms with van der Waals surface area (Å²) in [5.41, 5.74) is 6.85. The molecule has 1 aliphatic heterocycles. The molecule has 2 amide bonds. The monoisotopic (exact) mass is 357 g/mol. The Morgan fingerprint density at radius 1 is 1.35 bits per heavy atom. The van der Waals surface area contributed by atoms with Crippen LogP contribution in [0, 0.1) is 5.92 Å². The van der Waals surface area contributed by atoms with Crippen LogP contribution in [0.3, 0.4) is 0 Å². The van der Waals surface area contributed by atoms with Gasteiger partial charge in [0.15, 0.2) is 5.82 Å². The molecule has 0 radical (unpaired) electrons. The lowest BCUT2D eigenvalue weighted by atomic mass is 10.0. The number of pyridine rings is 1. The molecule has 2 aromatic rings. The highest BCUT2D eigenvalue weighted by Gasteiger charge is 2.28. The third-order valence-corrected chi connectivity index (χ3v) is 4.55. The number of aromatic nitrogens is 4. The van der Waals surface area contributed by atoms with Gasteiger partial charge in [0.2, 0.25) is 11.8 Å². The molecular formula is C17H23N7O2. The molecule has 0 spiro atoms. The lowest BCUT2D eigenvalue weighted by Gasteiger charge is -2.23. The summed E-state index contributed by atoms with van der Waals surface area (Å²) in [7, 11) is 0. The highest BCUT2D eigenvalue weighted by atomic mass is 16.2. The van der Waals surface area contributed by atoms with Crippen LogP contribution in [-0.2, 0) is 16.1 Å². The number of carbonyl (C=O) groups excluding carboxylic acids is 2. The minimum atomic E-state index is -0.265. The molecule has 138 valence electrons. The minimum absolute atomic E-state index is 0.0547. The molecular weight excluding hydrogens is 334 g/mol. The Hall–Kier alpha value is -2.81. The van der Waals surface area contributed by atoms with Crippen LogP contribution in [0.15, 0.2) is 31.0 Å². The first-order valence-electron chi connectivity index (χ1n) is 8.62. The van der Waals surface area contributed by atoms with Crippen molar-refractivity contribution in [2.24, 2.45) is 11.7 Å². The van der Waals surface area contributed by atoms with E-state index in [2.05, 4.69) is 20.4 Å². The fourth-order valence-electron chi connectivity index (χ4n) is 3.11. The molecule has 2 atom stereocenters. The maximum Gasteiger partial charge on any atom is 0.225 e. The van der Waals surface area contributed by atoms with Crippen molar-refractivity contribution in [3.05, 3.63) is 36.5 Å². The van der Waals surface area contributed by atoms with Gasteiger partial charge in [-0.1, -0.05) is 6.07 Å². The molecule has 3 N–H and O–H groups in total. The number of amides is 2. The van der Waals surface area contributed by atoms with E-state index in [4.69, 9.17) is 5.73 Å². The summed E-state index contributed by atoms with van der Waals surface area (Å²) in [6, 6.07) is 3.60. The fourth-order valence-corrected chi connectivity index (χ4v) is 3.11. The van der Waals surface area contributed by atoms with Gasteiger partial charge < -0.3 is 16.0 Å². The topological polar surface area (TPSA) is 119 Å². The van der Waals surface area contributed by atoms with Crippen LogP contribution in [-0.4, -0.2) is 55.6 Å². The van der Waals surface area contributed by atoms with E-state index >= 15 is 0 Å². The van der Waals surface area contributed by atoms with E-state index in [9.17, 15) is 9.59 Å². The van der Waals surface area contributed by atoms with Gasteiger partial charge in [-0.15, -0.1) is 0 Å². The van der Waals surface area contributed by atoms with Crippen molar-refractivity contribution in [2.75, 3.05) is 13.1 Å². The van der Waals surface area contributed by atoms with Gasteiger partial charge in [0.25, 0.3) is 0 Å². The summed E-state index contributed by atoms with van der Waals surface area (Å²) in [6.45, 7) is 2.73. The van der Waals surface area contributed by atoms with Crippen molar-refractivity contribution in [3.63, 3.8) is 0 Å². The van der Waals surface area contributed by atoms with Crippen molar-refractivity contribution in [1.29, 1.82) is 0 Å². The predicted molar refractivity (Wildman–Crippen MR) is 94.0 cm³/mol. The Morgan fingerprint density at radius 3 is 2.92 bits per heavy atom. The van der Waals surface area contributed by atoms with Crippen LogP contribution < -0.4 is 11.1 Å². The summed E-state index contributed by atoms with van der Waals surface area (Å²) in [5, 5.41) is 7.04. The van der Waals surface area contributed by atoms with Crippen LogP contribution in [0.25, 0.3) is 5.82 Å². The highest BCUT2D eigenvalue weighted by molar-refractivity contribution is 5.80. The first kappa shape index (κ1) is 18.0. The molecule has 0 unspecified atom stereocenters. The Labute approximate surface area is 151 Å². The maximum absolute atomic E-state index is 12.7. The van der Waals surface area contributed by atoms with Gasteiger partial charge in [-0.2, -0.15) is 5.10 Å². The van der Waals surface area contributed by atoms with E-state index in [-0.39, 0.29) is 23.8 Å². The molecule has 26 heavy (non-hydrogen) atoms. The zero-order chi connectivity index (χ0) is 18.5. The zero-order valence-corrected chi connectivity index (χ0v) is 14.7. The second-order valence-corrected chi connectivity index (χ2v) is 6.50. The molecule has 3 rings (SSSR count). The lowest BCUT2D eigenvalue weighted by molar-refractivity contribution is -0.131. The van der Waals surface area contributed by atoms with Crippen molar-refractivity contribution < 1.29 is 9.59 Å². The molecule has 1 fully saturated rings. The molecule has 0 aromatic carbocycles. The minimum Gasteiger partial charge on any atom is -0.352 e. The summed E-state index contributed by atoms with van der Waals surface area (Å²) in [5.74, 6) is 0.220. The van der Waals surface area contributed by atoms with Crippen molar-refractivity contribution in [2.45, 2.75) is 32.4 Å². The number of hydrogen-bond donors (Lipinski definition) is 2. The van der Waals surface area contributed by atoms with Crippen LogP contribution >= 0.6 is 0 Å². The first-order valence-corrected chi connectivity index (χ1v) is 8.62. The SMILES string of the molecule is CC(=O)N1C[C@@H](N)CC[C@@H](C(=O)NCc2cccnc2-n2cncn2)C1. The molecule has 9 heteroatoms. The van der Waals surface area contributed by atoms with E-state index in [1.807, 2.05) is 12.1 Å². The Balaban J connectivity index is 1.66. The normalized spacial score (nSPS) is 20.5. The Morgan fingerprint density at radius 2 is 2.19 bits per heavy atom. The van der Waals surface area contributed by atoms with E-state index in [0.29, 0.717) is 31.9 Å². The van der Waals surface area contributed by atoms with Gasteiger partial charge in [-0.25, -0.2) is 14.6 Å². The number of carbonyl (C=O) groups is 2. The second kappa shape index (κ2) is 8.05. The smallest absolute Gasteiger partial charge is 0.225 e. The average Bonchev–Trinajstić information content (AvgIpc) is 3.09. The lowest BCUT2D eigenvalue weighted by Crippen LogP contribution is -2.42. The standard InChI is InChI=1S/C17H23N7O2/c1-12(25)23-8-14(4-5-15(18)9-23)17(26)21-7-13-3-2-6-20-16(13)24-11-19-10-22-24/h2-3,6,10-11,14-15H,4-5,7-9,18H2,1H3,(H,21,26)/t14-,15+/m1/s1. The Bertz CT molecular complexity index is 762. The van der Waals surface area contributed by atoms with Crippen LogP contribution in [0.1, 0.15) is 25.3 Å². The van der Waals surface area contributed by atoms with E-state index in [1.165, 1.54) is 13.3 Å². The summed E-state index contributed by atoms with van der Waals surface area (Å²) in [6.07, 6.45) is 6.05. The first-order chi connectivity index (χ1) is 12.5. The maximum atomic E-state index is 12.7. The van der Waals surface area contributed by atoms with Crippen molar-refractivity contribution in [1.82, 2.24) is 30.0 Å². The molecule has 0 saturated carbocycles. The van der Waals surface area contributed by atoms with E-state index < -0.39 is 0 Å². The number of likely N-dealkylation sites (tertiary alicyclic amines) is 1. The predicted octanol–water partition coefficient (Wildman–Crippen LogP) is -0.136. The molecule has 1 saturated heterocycles. The second-order valence-electron chi connectivity index (χ2n) is 6.50. The van der Waals surface area contributed by atoms with Crippen LogP contribution in [0.5, 0.6) is 0 Å². The van der Waals surface area contributed by atoms with E-state index in [1.54, 1.807) is 22.1 Å². The summed E-state index contributed by atoms with van der Waals surface area (Å²) >= 11 is 0. The summed E-state index contributed by atoms with van der Waals surface area (Å²) < 4.78 is 1.56. The molecule has 2 aromatic heterocycles. The fraction of sp³-hybridized carbons (Fsp3) is 0.471. The van der Waals surface area contributed by atoms with Gasteiger partial charge in [0, 0.05) is 44.4 Å². The van der Waals surface area contributed by atoms with Crippen LogP contribution in [0.4, 0.5) is 0 Å². The number of nitrogens with two attached hydrogens (primary N) is 1. The van der Waals surface area contributed by atoms with Gasteiger partial charge in [-0.3, -0.25) is 9.59 Å². The Kier molecular flexibility index (Phi) is 5.57. The zero-order valence-electron chi connectivity index (χ0n) is 14.7.